The molecule has 1 saturated carbocycles. The number of piperidine rings is 1. The van der Waals surface area contributed by atoms with E-state index in [2.05, 4.69) is 15.2 Å². The van der Waals surface area contributed by atoms with Gasteiger partial charge in [-0.15, -0.1) is 10.2 Å². The molecule has 2 aromatic heterocycles. The number of aromatic nitrogens is 4. The molecule has 132 valence electrons. The Kier molecular flexibility index (Phi) is 4.03. The lowest BCUT2D eigenvalue weighted by Gasteiger charge is -2.39. The highest BCUT2D eigenvalue weighted by Gasteiger charge is 2.37. The standard InChI is InChI=1S/C18H23N5O2/c1-22-12-20-21-16(22)10-18(25)6-2-8-23(11-18)17(24)14-5-7-19-15(9-14)13-3-4-13/h5,7,9,12-13,25H,2-4,6,8,10-11H2,1H3. The number of aliphatic hydroxyl groups is 1. The molecule has 1 unspecified atom stereocenters. The molecule has 2 aliphatic rings. The molecule has 2 fully saturated rings. The minimum Gasteiger partial charge on any atom is -0.388 e. The van der Waals surface area contributed by atoms with E-state index in [9.17, 15) is 9.90 Å². The largest absolute Gasteiger partial charge is 0.388 e. The van der Waals surface area contributed by atoms with Crippen LogP contribution in [0, 0.1) is 0 Å². The molecule has 4 rings (SSSR count). The minimum atomic E-state index is -0.957. The third kappa shape index (κ3) is 3.42. The van der Waals surface area contributed by atoms with Crippen molar-refractivity contribution in [2.75, 3.05) is 13.1 Å². The summed E-state index contributed by atoms with van der Waals surface area (Å²) in [5, 5.41) is 18.9. The summed E-state index contributed by atoms with van der Waals surface area (Å²) < 4.78 is 1.81. The minimum absolute atomic E-state index is 0.0274. The smallest absolute Gasteiger partial charge is 0.254 e. The summed E-state index contributed by atoms with van der Waals surface area (Å²) in [7, 11) is 1.86. The topological polar surface area (TPSA) is 84.1 Å². The molecule has 1 aliphatic heterocycles. The van der Waals surface area contributed by atoms with Gasteiger partial charge in [0.15, 0.2) is 0 Å². The Bertz CT molecular complexity index is 785. The van der Waals surface area contributed by atoms with Crippen LogP contribution in [0.3, 0.4) is 0 Å². The molecule has 2 aromatic rings. The maximum absolute atomic E-state index is 12.9. The van der Waals surface area contributed by atoms with Crippen molar-refractivity contribution in [3.05, 3.63) is 41.7 Å². The number of rotatable bonds is 4. The van der Waals surface area contributed by atoms with E-state index in [1.165, 1.54) is 0 Å². The van der Waals surface area contributed by atoms with Gasteiger partial charge in [0, 0.05) is 43.4 Å². The van der Waals surface area contributed by atoms with E-state index in [1.54, 1.807) is 23.5 Å². The second kappa shape index (κ2) is 6.22. The maximum atomic E-state index is 12.9. The fraction of sp³-hybridized carbons (Fsp3) is 0.556. The van der Waals surface area contributed by atoms with E-state index in [1.807, 2.05) is 17.7 Å². The quantitative estimate of drug-likeness (QED) is 0.906. The number of pyridine rings is 1. The van der Waals surface area contributed by atoms with Crippen LogP contribution in [-0.4, -0.2) is 54.4 Å². The Labute approximate surface area is 146 Å². The molecule has 0 spiro atoms. The molecule has 7 nitrogen and oxygen atoms in total. The third-order valence-electron chi connectivity index (χ3n) is 5.16. The highest BCUT2D eigenvalue weighted by Crippen LogP contribution is 2.39. The number of nitrogens with zero attached hydrogens (tertiary/aromatic N) is 5. The van der Waals surface area contributed by atoms with Gasteiger partial charge in [0.05, 0.1) is 12.1 Å². The third-order valence-corrected chi connectivity index (χ3v) is 5.16. The van der Waals surface area contributed by atoms with Crippen LogP contribution in [0.1, 0.15) is 53.5 Å². The molecule has 0 bridgehead atoms. The Balaban J connectivity index is 1.49. The average Bonchev–Trinajstić information content (AvgIpc) is 3.39. The molecule has 0 radical (unpaired) electrons. The van der Waals surface area contributed by atoms with Crippen molar-refractivity contribution in [2.45, 2.75) is 43.6 Å². The zero-order valence-corrected chi connectivity index (χ0v) is 14.4. The first kappa shape index (κ1) is 16.2. The number of amides is 1. The SMILES string of the molecule is Cn1cnnc1CC1(O)CCCN(C(=O)c2ccnc(C3CC3)c2)C1. The molecule has 1 saturated heterocycles. The molecule has 1 amide bonds. The number of carbonyl (C=O) groups is 1. The summed E-state index contributed by atoms with van der Waals surface area (Å²) in [5.41, 5.74) is 0.721. The summed E-state index contributed by atoms with van der Waals surface area (Å²) in [5.74, 6) is 1.22. The normalized spacial score (nSPS) is 23.7. The molecule has 25 heavy (non-hydrogen) atoms. The molecule has 1 aliphatic carbocycles. The maximum Gasteiger partial charge on any atom is 0.254 e. The van der Waals surface area contributed by atoms with E-state index in [0.29, 0.717) is 37.4 Å². The van der Waals surface area contributed by atoms with Crippen molar-refractivity contribution in [1.82, 2.24) is 24.6 Å². The van der Waals surface area contributed by atoms with Gasteiger partial charge in [0.1, 0.15) is 12.2 Å². The summed E-state index contributed by atoms with van der Waals surface area (Å²) >= 11 is 0. The van der Waals surface area contributed by atoms with Crippen LogP contribution in [0.5, 0.6) is 0 Å². The fourth-order valence-corrected chi connectivity index (χ4v) is 3.56. The van der Waals surface area contributed by atoms with Crippen LogP contribution in [0.2, 0.25) is 0 Å². The van der Waals surface area contributed by atoms with E-state index in [0.717, 1.165) is 30.8 Å². The monoisotopic (exact) mass is 341 g/mol. The van der Waals surface area contributed by atoms with Crippen molar-refractivity contribution in [3.8, 4) is 0 Å². The van der Waals surface area contributed by atoms with Crippen LogP contribution < -0.4 is 0 Å². The summed E-state index contributed by atoms with van der Waals surface area (Å²) in [6.45, 7) is 0.987. The Hall–Kier alpha value is -2.28. The van der Waals surface area contributed by atoms with E-state index in [-0.39, 0.29) is 5.91 Å². The molecule has 3 heterocycles. The first-order chi connectivity index (χ1) is 12.0. The Morgan fingerprint density at radius 2 is 2.28 bits per heavy atom. The van der Waals surface area contributed by atoms with Crippen molar-refractivity contribution < 1.29 is 9.90 Å². The van der Waals surface area contributed by atoms with Gasteiger partial charge in [-0.25, -0.2) is 0 Å². The lowest BCUT2D eigenvalue weighted by Crippen LogP contribution is -2.51. The van der Waals surface area contributed by atoms with Crippen molar-refractivity contribution in [1.29, 1.82) is 0 Å². The van der Waals surface area contributed by atoms with Gasteiger partial charge in [-0.1, -0.05) is 0 Å². The van der Waals surface area contributed by atoms with Gasteiger partial charge < -0.3 is 14.6 Å². The van der Waals surface area contributed by atoms with Gasteiger partial charge in [-0.05, 0) is 37.8 Å². The van der Waals surface area contributed by atoms with Gasteiger partial charge in [0.25, 0.3) is 5.91 Å². The lowest BCUT2D eigenvalue weighted by molar-refractivity contribution is -0.0258. The summed E-state index contributed by atoms with van der Waals surface area (Å²) in [6, 6.07) is 3.68. The number of hydrogen-bond donors (Lipinski definition) is 1. The summed E-state index contributed by atoms with van der Waals surface area (Å²) in [6.07, 6.45) is 7.50. The van der Waals surface area contributed by atoms with E-state index >= 15 is 0 Å². The number of carbonyl (C=O) groups excluding carboxylic acids is 1. The van der Waals surface area contributed by atoms with Crippen LogP contribution in [-0.2, 0) is 13.5 Å². The molecule has 1 atom stereocenters. The second-order valence-corrected chi connectivity index (χ2v) is 7.33. The second-order valence-electron chi connectivity index (χ2n) is 7.33. The molecule has 1 N–H and O–H groups in total. The number of β-amino-alcohol motifs (C(OH)–C–C–N with tert-alkyl or cyclic N) is 1. The Morgan fingerprint density at radius 1 is 1.44 bits per heavy atom. The predicted molar refractivity (Wildman–Crippen MR) is 91.0 cm³/mol. The first-order valence-electron chi connectivity index (χ1n) is 8.85. The molecular formula is C18H23N5O2. The van der Waals surface area contributed by atoms with Crippen LogP contribution in [0.15, 0.2) is 24.7 Å². The zero-order valence-electron chi connectivity index (χ0n) is 14.4. The number of aryl methyl sites for hydroxylation is 1. The zero-order chi connectivity index (χ0) is 17.4. The number of likely N-dealkylation sites (tertiary alicyclic amines) is 1. The van der Waals surface area contributed by atoms with Crippen molar-refractivity contribution in [3.63, 3.8) is 0 Å². The van der Waals surface area contributed by atoms with E-state index in [4.69, 9.17) is 0 Å². The van der Waals surface area contributed by atoms with Crippen molar-refractivity contribution >= 4 is 5.91 Å². The first-order valence-corrected chi connectivity index (χ1v) is 8.85. The molecule has 7 heteroatoms. The predicted octanol–water partition coefficient (Wildman–Crippen LogP) is 1.30. The van der Waals surface area contributed by atoms with Crippen LogP contribution in [0.25, 0.3) is 0 Å². The van der Waals surface area contributed by atoms with Crippen molar-refractivity contribution in [2.24, 2.45) is 7.05 Å². The highest BCUT2D eigenvalue weighted by atomic mass is 16.3. The molecular weight excluding hydrogens is 318 g/mol. The van der Waals surface area contributed by atoms with Gasteiger partial charge >= 0.3 is 0 Å². The fourth-order valence-electron chi connectivity index (χ4n) is 3.56. The van der Waals surface area contributed by atoms with Crippen LogP contribution in [0.4, 0.5) is 0 Å². The average molecular weight is 341 g/mol. The number of hydrogen-bond acceptors (Lipinski definition) is 5. The van der Waals surface area contributed by atoms with Crippen LogP contribution >= 0.6 is 0 Å². The van der Waals surface area contributed by atoms with Gasteiger partial charge in [0.2, 0.25) is 0 Å². The lowest BCUT2D eigenvalue weighted by atomic mass is 9.89. The van der Waals surface area contributed by atoms with E-state index < -0.39 is 5.60 Å². The molecule has 0 aromatic carbocycles. The summed E-state index contributed by atoms with van der Waals surface area (Å²) in [4.78, 5) is 19.0. The van der Waals surface area contributed by atoms with Gasteiger partial charge in [-0.3, -0.25) is 9.78 Å². The highest BCUT2D eigenvalue weighted by molar-refractivity contribution is 5.94. The van der Waals surface area contributed by atoms with Gasteiger partial charge in [-0.2, -0.15) is 0 Å². The Morgan fingerprint density at radius 3 is 3.00 bits per heavy atom.